The zero-order valence-electron chi connectivity index (χ0n) is 15.6. The number of hydrogen-bond acceptors (Lipinski definition) is 4. The fraction of sp³-hybridized carbons (Fsp3) is 0.556. The first kappa shape index (κ1) is 21.8. The zero-order chi connectivity index (χ0) is 20.1. The second-order valence-corrected chi connectivity index (χ2v) is 6.54. The van der Waals surface area contributed by atoms with Gasteiger partial charge in [0, 0.05) is 12.1 Å². The molecule has 0 bridgehead atoms. The molecule has 0 aliphatic heterocycles. The van der Waals surface area contributed by atoms with Crippen LogP contribution in [0.5, 0.6) is 0 Å². The number of carbonyl (C=O) groups excluding carboxylic acids is 2. The van der Waals surface area contributed by atoms with Crippen molar-refractivity contribution in [2.45, 2.75) is 52.9 Å². The van der Waals surface area contributed by atoms with E-state index in [0.29, 0.717) is 0 Å². The quantitative estimate of drug-likeness (QED) is 0.564. The van der Waals surface area contributed by atoms with Gasteiger partial charge in [-0.05, 0) is 49.9 Å². The zero-order valence-corrected chi connectivity index (χ0v) is 15.6. The number of nitrogens with one attached hydrogen (secondary N) is 2. The van der Waals surface area contributed by atoms with Gasteiger partial charge >= 0.3 is 17.8 Å². The topological polar surface area (TPSA) is 67.4 Å². The Morgan fingerprint density at radius 2 is 1.77 bits per heavy atom. The highest BCUT2D eigenvalue weighted by Gasteiger charge is 2.63. The van der Waals surface area contributed by atoms with Crippen LogP contribution < -0.4 is 10.6 Å². The van der Waals surface area contributed by atoms with Gasteiger partial charge in [0.2, 0.25) is 5.91 Å². The second kappa shape index (κ2) is 8.42. The van der Waals surface area contributed by atoms with Crippen molar-refractivity contribution in [3.05, 3.63) is 29.3 Å². The molecule has 2 N–H and O–H groups in total. The summed E-state index contributed by atoms with van der Waals surface area (Å²) in [6, 6.07) is 4.51. The number of halogens is 3. The van der Waals surface area contributed by atoms with Crippen molar-refractivity contribution < 1.29 is 27.5 Å². The van der Waals surface area contributed by atoms with Crippen LogP contribution in [0.3, 0.4) is 0 Å². The van der Waals surface area contributed by atoms with Crippen molar-refractivity contribution in [1.29, 1.82) is 0 Å². The molecule has 0 saturated carbocycles. The highest BCUT2D eigenvalue weighted by molar-refractivity contribution is 5.91. The lowest BCUT2D eigenvalue weighted by Gasteiger charge is -2.35. The number of rotatable bonds is 7. The minimum absolute atomic E-state index is 0.0447. The van der Waals surface area contributed by atoms with Crippen molar-refractivity contribution in [3.8, 4) is 0 Å². The molecule has 1 unspecified atom stereocenters. The average molecular weight is 374 g/mol. The number of anilines is 1. The third kappa shape index (κ3) is 5.12. The van der Waals surface area contributed by atoms with Crippen LogP contribution in [0.4, 0.5) is 18.9 Å². The van der Waals surface area contributed by atoms with Crippen LogP contribution in [0.2, 0.25) is 0 Å². The normalized spacial score (nSPS) is 13.9. The van der Waals surface area contributed by atoms with Gasteiger partial charge in [-0.25, -0.2) is 4.79 Å². The minimum atomic E-state index is -5.12. The Balaban J connectivity index is 3.38. The van der Waals surface area contributed by atoms with Crippen molar-refractivity contribution in [3.63, 3.8) is 0 Å². The largest absolute Gasteiger partial charge is 0.463 e. The van der Waals surface area contributed by atoms with Crippen LogP contribution in [-0.4, -0.2) is 30.3 Å². The Morgan fingerprint density at radius 1 is 1.15 bits per heavy atom. The molecule has 1 aromatic carbocycles. The molecule has 5 nitrogen and oxygen atoms in total. The smallest absolute Gasteiger partial charge is 0.441 e. The van der Waals surface area contributed by atoms with Crippen molar-refractivity contribution in [2.24, 2.45) is 5.92 Å². The molecular weight excluding hydrogens is 349 g/mol. The number of ether oxygens (including phenoxy) is 1. The summed E-state index contributed by atoms with van der Waals surface area (Å²) < 4.78 is 46.4. The van der Waals surface area contributed by atoms with E-state index in [1.165, 1.54) is 19.1 Å². The second-order valence-electron chi connectivity index (χ2n) is 6.54. The maximum Gasteiger partial charge on any atom is 0.441 e. The number of aryl methyl sites for hydroxylation is 2. The molecule has 0 spiro atoms. The molecule has 1 amide bonds. The molecule has 26 heavy (non-hydrogen) atoms. The number of alkyl halides is 3. The van der Waals surface area contributed by atoms with Gasteiger partial charge in [0.15, 0.2) is 0 Å². The molecule has 0 radical (unpaired) electrons. The van der Waals surface area contributed by atoms with Gasteiger partial charge in [0.25, 0.3) is 0 Å². The van der Waals surface area contributed by atoms with Crippen molar-refractivity contribution in [1.82, 2.24) is 5.32 Å². The summed E-state index contributed by atoms with van der Waals surface area (Å²) in [6.45, 7) is 8.06. The van der Waals surface area contributed by atoms with E-state index in [1.54, 1.807) is 26.8 Å². The first-order valence-electron chi connectivity index (χ1n) is 8.33. The van der Waals surface area contributed by atoms with Gasteiger partial charge in [-0.3, -0.25) is 4.79 Å². The molecule has 1 rings (SSSR count). The Morgan fingerprint density at radius 3 is 2.23 bits per heavy atom. The third-order valence-corrected chi connectivity index (χ3v) is 3.77. The summed E-state index contributed by atoms with van der Waals surface area (Å²) in [5.74, 6) is -2.69. The van der Waals surface area contributed by atoms with Gasteiger partial charge in [0.05, 0.1) is 6.61 Å². The van der Waals surface area contributed by atoms with Crippen molar-refractivity contribution in [2.75, 3.05) is 11.9 Å². The van der Waals surface area contributed by atoms with E-state index in [2.05, 4.69) is 10.1 Å². The predicted molar refractivity (Wildman–Crippen MR) is 92.6 cm³/mol. The van der Waals surface area contributed by atoms with Gasteiger partial charge in [-0.1, -0.05) is 19.9 Å². The molecule has 0 aliphatic rings. The summed E-state index contributed by atoms with van der Waals surface area (Å²) in [5.41, 5.74) is -1.70. The number of hydrogen-bond donors (Lipinski definition) is 2. The maximum atomic E-state index is 13.9. The lowest BCUT2D eigenvalue weighted by molar-refractivity contribution is -0.208. The fourth-order valence-corrected chi connectivity index (χ4v) is 2.30. The summed E-state index contributed by atoms with van der Waals surface area (Å²) in [5, 5.41) is 3.98. The van der Waals surface area contributed by atoms with E-state index in [9.17, 15) is 22.8 Å². The Kier molecular flexibility index (Phi) is 7.06. The number of benzene rings is 1. The van der Waals surface area contributed by atoms with E-state index >= 15 is 0 Å². The van der Waals surface area contributed by atoms with Crippen LogP contribution in [0, 0.1) is 19.8 Å². The summed E-state index contributed by atoms with van der Waals surface area (Å²) in [6.07, 6.45) is -5.28. The van der Waals surface area contributed by atoms with E-state index < -0.39 is 23.7 Å². The van der Waals surface area contributed by atoms with E-state index in [-0.39, 0.29) is 24.6 Å². The molecule has 0 fully saturated rings. The number of esters is 1. The summed E-state index contributed by atoms with van der Waals surface area (Å²) in [4.78, 5) is 24.3. The predicted octanol–water partition coefficient (Wildman–Crippen LogP) is 3.70. The SMILES string of the molecule is CCOC(=O)C(NC(=O)CC(C)C)(Nc1ccc(C)c(C)c1)C(F)(F)F. The van der Waals surface area contributed by atoms with E-state index in [1.807, 2.05) is 12.2 Å². The molecular formula is C18H25F3N2O3. The lowest BCUT2D eigenvalue weighted by Crippen LogP contribution is -2.69. The fourth-order valence-electron chi connectivity index (χ4n) is 2.30. The van der Waals surface area contributed by atoms with Gasteiger partial charge in [-0.2, -0.15) is 13.2 Å². The Bertz CT molecular complexity index is 660. The first-order chi connectivity index (χ1) is 11.9. The molecule has 1 atom stereocenters. The monoisotopic (exact) mass is 374 g/mol. The summed E-state index contributed by atoms with van der Waals surface area (Å²) >= 11 is 0. The Labute approximate surface area is 151 Å². The van der Waals surface area contributed by atoms with Crippen LogP contribution in [-0.2, 0) is 14.3 Å². The lowest BCUT2D eigenvalue weighted by atomic mass is 10.0. The highest BCUT2D eigenvalue weighted by atomic mass is 19.4. The van der Waals surface area contributed by atoms with Crippen LogP contribution in [0.1, 0.15) is 38.3 Å². The molecule has 0 heterocycles. The standard InChI is InChI=1S/C18H25F3N2O3/c1-6-26-16(25)17(18(19,20)21,23-15(24)9-11(2)3)22-14-8-7-12(4)13(5)10-14/h7-8,10-11,22H,6,9H2,1-5H3,(H,23,24). The molecule has 0 aliphatic carbocycles. The average Bonchev–Trinajstić information content (AvgIpc) is 2.48. The van der Waals surface area contributed by atoms with Gasteiger partial charge in [-0.15, -0.1) is 0 Å². The van der Waals surface area contributed by atoms with E-state index in [0.717, 1.165) is 11.1 Å². The molecule has 8 heteroatoms. The van der Waals surface area contributed by atoms with Crippen LogP contribution in [0.25, 0.3) is 0 Å². The van der Waals surface area contributed by atoms with Gasteiger partial charge < -0.3 is 15.4 Å². The highest BCUT2D eigenvalue weighted by Crippen LogP contribution is 2.34. The minimum Gasteiger partial charge on any atom is -0.463 e. The third-order valence-electron chi connectivity index (χ3n) is 3.77. The van der Waals surface area contributed by atoms with Crippen molar-refractivity contribution >= 4 is 17.6 Å². The van der Waals surface area contributed by atoms with E-state index in [4.69, 9.17) is 0 Å². The number of carbonyl (C=O) groups is 2. The maximum absolute atomic E-state index is 13.9. The molecule has 0 aromatic heterocycles. The number of amides is 1. The Hall–Kier alpha value is -2.25. The van der Waals surface area contributed by atoms with Crippen LogP contribution >= 0.6 is 0 Å². The van der Waals surface area contributed by atoms with Crippen LogP contribution in [0.15, 0.2) is 18.2 Å². The molecule has 1 aromatic rings. The first-order valence-corrected chi connectivity index (χ1v) is 8.33. The van der Waals surface area contributed by atoms with Gasteiger partial charge in [0.1, 0.15) is 0 Å². The molecule has 146 valence electrons. The summed E-state index contributed by atoms with van der Waals surface area (Å²) in [7, 11) is 0. The molecule has 0 saturated heterocycles.